The second kappa shape index (κ2) is 11.8. The molecular weight excluding hydrogens is 371 g/mol. The Morgan fingerprint density at radius 3 is 2.52 bits per heavy atom. The van der Waals surface area contributed by atoms with Gasteiger partial charge in [-0.3, -0.25) is 0 Å². The minimum Gasteiger partial charge on any atom is -0.115 e. The van der Waals surface area contributed by atoms with E-state index >= 15 is 0 Å². The minimum atomic E-state index is 0.427. The molecular formula is C30H33B. The highest BCUT2D eigenvalue weighted by Crippen LogP contribution is 2.23. The van der Waals surface area contributed by atoms with E-state index in [-0.39, 0.29) is 0 Å². The summed E-state index contributed by atoms with van der Waals surface area (Å²) in [5.41, 5.74) is 10.2. The van der Waals surface area contributed by atoms with Gasteiger partial charge in [0.15, 0.2) is 6.71 Å². The normalized spacial score (nSPS) is 12.1. The predicted octanol–water partition coefficient (Wildman–Crippen LogP) is 7.45. The molecule has 0 saturated carbocycles. The van der Waals surface area contributed by atoms with Gasteiger partial charge in [0.1, 0.15) is 0 Å². The first kappa shape index (κ1) is 24.0. The molecule has 0 spiro atoms. The number of benzene rings is 2. The molecule has 0 nitrogen and oxygen atoms in total. The zero-order valence-electron chi connectivity index (χ0n) is 19.6. The van der Waals surface area contributed by atoms with E-state index in [2.05, 4.69) is 102 Å². The van der Waals surface area contributed by atoms with Crippen LogP contribution in [0, 0.1) is 33.1 Å². The van der Waals surface area contributed by atoms with Crippen molar-refractivity contribution in [2.75, 3.05) is 0 Å². The fourth-order valence-electron chi connectivity index (χ4n) is 4.05. The molecule has 0 aromatic heterocycles. The predicted molar refractivity (Wildman–Crippen MR) is 143 cm³/mol. The highest BCUT2D eigenvalue weighted by Gasteiger charge is 2.15. The highest BCUT2D eigenvalue weighted by molar-refractivity contribution is 6.73. The molecule has 0 saturated heterocycles. The van der Waals surface area contributed by atoms with Gasteiger partial charge in [0.25, 0.3) is 0 Å². The van der Waals surface area contributed by atoms with Crippen LogP contribution in [-0.2, 0) is 0 Å². The largest absolute Gasteiger partial charge is 0.177 e. The topological polar surface area (TPSA) is 0 Å². The van der Waals surface area contributed by atoms with E-state index in [0.717, 1.165) is 6.32 Å². The molecule has 0 fully saturated rings. The SMILES string of the molecule is C#C/C=C\c1ccc(C)c(B(C)C/C=C\C(=C/C)c2cc(/C=C\C=C)ccc2C)c1C. The Balaban J connectivity index is 2.25. The summed E-state index contributed by atoms with van der Waals surface area (Å²) in [6.07, 6.45) is 22.8. The Kier molecular flexibility index (Phi) is 9.17. The number of allylic oxidation sites excluding steroid dienone is 7. The molecule has 0 unspecified atom stereocenters. The molecule has 156 valence electrons. The van der Waals surface area contributed by atoms with Gasteiger partial charge in [-0.1, -0.05) is 97.4 Å². The van der Waals surface area contributed by atoms with Gasteiger partial charge >= 0.3 is 0 Å². The maximum atomic E-state index is 5.39. The molecule has 0 radical (unpaired) electrons. The first-order chi connectivity index (χ1) is 14.9. The van der Waals surface area contributed by atoms with Crippen LogP contribution in [0.1, 0.15) is 40.3 Å². The van der Waals surface area contributed by atoms with Gasteiger partial charge in [0, 0.05) is 0 Å². The average Bonchev–Trinajstić information content (AvgIpc) is 2.76. The lowest BCUT2D eigenvalue weighted by Gasteiger charge is -2.16. The summed E-state index contributed by atoms with van der Waals surface area (Å²) in [4.78, 5) is 0. The first-order valence-corrected chi connectivity index (χ1v) is 10.9. The third kappa shape index (κ3) is 6.37. The van der Waals surface area contributed by atoms with Crippen molar-refractivity contribution >= 4 is 29.9 Å². The summed E-state index contributed by atoms with van der Waals surface area (Å²) in [6, 6.07) is 10.9. The molecule has 0 aliphatic rings. The molecule has 0 atom stereocenters. The van der Waals surface area contributed by atoms with Crippen LogP contribution >= 0.6 is 0 Å². The Morgan fingerprint density at radius 2 is 1.84 bits per heavy atom. The van der Waals surface area contributed by atoms with E-state index < -0.39 is 0 Å². The molecule has 2 aromatic carbocycles. The van der Waals surface area contributed by atoms with Crippen LogP contribution < -0.4 is 5.46 Å². The lowest BCUT2D eigenvalue weighted by molar-refractivity contribution is 1.39. The Bertz CT molecular complexity index is 1080. The van der Waals surface area contributed by atoms with E-state index in [1.807, 2.05) is 12.2 Å². The number of hydrogen-bond acceptors (Lipinski definition) is 0. The van der Waals surface area contributed by atoms with E-state index in [1.165, 1.54) is 44.4 Å². The molecule has 0 N–H and O–H groups in total. The fourth-order valence-corrected chi connectivity index (χ4v) is 4.05. The van der Waals surface area contributed by atoms with Gasteiger partial charge in [-0.05, 0) is 79.3 Å². The maximum absolute atomic E-state index is 5.39. The second-order valence-electron chi connectivity index (χ2n) is 7.96. The van der Waals surface area contributed by atoms with Gasteiger partial charge < -0.3 is 0 Å². The maximum Gasteiger partial charge on any atom is 0.177 e. The second-order valence-corrected chi connectivity index (χ2v) is 7.96. The van der Waals surface area contributed by atoms with Crippen LogP contribution in [0.3, 0.4) is 0 Å². The number of rotatable bonds is 8. The summed E-state index contributed by atoms with van der Waals surface area (Å²) in [5, 5.41) is 0. The zero-order valence-corrected chi connectivity index (χ0v) is 19.6. The molecule has 2 aromatic rings. The number of aryl methyl sites for hydroxylation is 2. The quantitative estimate of drug-likeness (QED) is 0.243. The number of hydrogen-bond donors (Lipinski definition) is 0. The van der Waals surface area contributed by atoms with Gasteiger partial charge in [-0.2, -0.15) is 0 Å². The summed E-state index contributed by atoms with van der Waals surface area (Å²) in [6.45, 7) is 15.1. The van der Waals surface area contributed by atoms with Crippen LogP contribution in [0.2, 0.25) is 13.1 Å². The van der Waals surface area contributed by atoms with E-state index in [0.29, 0.717) is 6.71 Å². The van der Waals surface area contributed by atoms with Gasteiger partial charge in [0.2, 0.25) is 0 Å². The van der Waals surface area contributed by atoms with E-state index in [1.54, 1.807) is 12.2 Å². The van der Waals surface area contributed by atoms with Crippen LogP contribution in [-0.4, -0.2) is 6.71 Å². The minimum absolute atomic E-state index is 0.427. The lowest BCUT2D eigenvalue weighted by Crippen LogP contribution is -2.31. The molecule has 0 aliphatic heterocycles. The molecule has 0 heterocycles. The monoisotopic (exact) mass is 404 g/mol. The molecule has 31 heavy (non-hydrogen) atoms. The fraction of sp³-hybridized carbons (Fsp3) is 0.200. The van der Waals surface area contributed by atoms with Gasteiger partial charge in [-0.15, -0.1) is 6.42 Å². The van der Waals surface area contributed by atoms with Crippen LogP contribution in [0.5, 0.6) is 0 Å². The van der Waals surface area contributed by atoms with Crippen molar-refractivity contribution in [1.29, 1.82) is 0 Å². The number of terminal acetylenes is 1. The first-order valence-electron chi connectivity index (χ1n) is 10.9. The van der Waals surface area contributed by atoms with Crippen LogP contribution in [0.4, 0.5) is 0 Å². The average molecular weight is 404 g/mol. The molecule has 2 rings (SSSR count). The van der Waals surface area contributed by atoms with Gasteiger partial charge in [0.05, 0.1) is 0 Å². The van der Waals surface area contributed by atoms with Crippen molar-refractivity contribution in [3.63, 3.8) is 0 Å². The summed E-state index contributed by atoms with van der Waals surface area (Å²) < 4.78 is 0. The summed E-state index contributed by atoms with van der Waals surface area (Å²) in [7, 11) is 0. The Labute approximate surface area is 189 Å². The van der Waals surface area contributed by atoms with E-state index in [4.69, 9.17) is 6.42 Å². The molecule has 0 aliphatic carbocycles. The molecule has 0 bridgehead atoms. The van der Waals surface area contributed by atoms with Crippen LogP contribution in [0.15, 0.2) is 73.4 Å². The van der Waals surface area contributed by atoms with Crippen molar-refractivity contribution in [3.8, 4) is 12.3 Å². The Hall–Kier alpha value is -3.24. The smallest absolute Gasteiger partial charge is 0.115 e. The Morgan fingerprint density at radius 1 is 1.10 bits per heavy atom. The molecule has 0 amide bonds. The van der Waals surface area contributed by atoms with Crippen LogP contribution in [0.25, 0.3) is 17.7 Å². The van der Waals surface area contributed by atoms with Gasteiger partial charge in [-0.25, -0.2) is 0 Å². The van der Waals surface area contributed by atoms with Crippen molar-refractivity contribution in [1.82, 2.24) is 0 Å². The van der Waals surface area contributed by atoms with Crippen molar-refractivity contribution in [2.45, 2.75) is 40.8 Å². The van der Waals surface area contributed by atoms with Crippen molar-refractivity contribution < 1.29 is 0 Å². The summed E-state index contributed by atoms with van der Waals surface area (Å²) in [5.74, 6) is 2.59. The standard InChI is InChI=1S/C30H33B/c1-8-11-14-26-19-17-23(4)29(22-26)27(10-3)16-13-21-31(7)30-24(5)18-20-28(25(30)6)15-12-9-2/h2,8,10-20,22H,1,21H2,3-7H3/b14-11-,15-12-,16-13-,27-10+. The third-order valence-electron chi connectivity index (χ3n) is 5.72. The molecule has 1 heteroatoms. The third-order valence-corrected chi connectivity index (χ3v) is 5.72. The highest BCUT2D eigenvalue weighted by atomic mass is 14.1. The van der Waals surface area contributed by atoms with Crippen molar-refractivity contribution in [2.24, 2.45) is 0 Å². The zero-order chi connectivity index (χ0) is 22.8. The van der Waals surface area contributed by atoms with E-state index in [9.17, 15) is 0 Å². The summed E-state index contributed by atoms with van der Waals surface area (Å²) >= 11 is 0. The lowest BCUT2D eigenvalue weighted by atomic mass is 9.43. The van der Waals surface area contributed by atoms with Crippen molar-refractivity contribution in [3.05, 3.63) is 107 Å².